The molecule has 0 unspecified atom stereocenters. The van der Waals surface area contributed by atoms with Crippen molar-refractivity contribution in [1.29, 1.82) is 0 Å². The third-order valence-electron chi connectivity index (χ3n) is 23.2. The summed E-state index contributed by atoms with van der Waals surface area (Å²) in [6, 6.07) is 0. The number of hydrogen-bond acceptors (Lipinski definition) is 27. The Kier molecular flexibility index (Phi) is 19.4. The van der Waals surface area contributed by atoms with Gasteiger partial charge in [0, 0.05) is 5.41 Å². The van der Waals surface area contributed by atoms with E-state index in [4.69, 9.17) is 47.4 Å². The van der Waals surface area contributed by atoms with Crippen molar-refractivity contribution in [2.24, 2.45) is 50.2 Å². The number of aliphatic hydroxyl groups excluding tert-OH is 16. The van der Waals surface area contributed by atoms with E-state index in [0.717, 1.165) is 6.42 Å². The number of aliphatic hydroxyl groups is 16. The lowest BCUT2D eigenvalue weighted by Gasteiger charge is -2.71. The summed E-state index contributed by atoms with van der Waals surface area (Å²) in [4.78, 5) is 15.1. The lowest BCUT2D eigenvalue weighted by atomic mass is 9.33. The molecule has 5 saturated heterocycles. The highest BCUT2D eigenvalue weighted by Crippen LogP contribution is 2.76. The first-order chi connectivity index (χ1) is 40.4. The third kappa shape index (κ3) is 11.2. The Balaban J connectivity index is 0.849. The summed E-state index contributed by atoms with van der Waals surface area (Å²) in [5.74, 6) is -0.929. The average molecular weight is 1240 g/mol. The van der Waals surface area contributed by atoms with Crippen LogP contribution in [0.3, 0.4) is 0 Å². The van der Waals surface area contributed by atoms with Crippen LogP contribution in [0.25, 0.3) is 0 Å². The van der Waals surface area contributed by atoms with Gasteiger partial charge in [-0.15, -0.1) is 0 Å². The van der Waals surface area contributed by atoms with Crippen molar-refractivity contribution in [3.63, 3.8) is 0 Å². The Labute approximate surface area is 499 Å². The largest absolute Gasteiger partial charge is 0.432 e. The first-order valence-corrected chi connectivity index (χ1v) is 30.8. The summed E-state index contributed by atoms with van der Waals surface area (Å²) >= 11 is 0. The van der Waals surface area contributed by atoms with E-state index in [1.165, 1.54) is 12.5 Å². The molecule has 9 fully saturated rings. The van der Waals surface area contributed by atoms with Crippen LogP contribution in [0, 0.1) is 50.2 Å². The fourth-order valence-electron chi connectivity index (χ4n) is 17.6. The zero-order chi connectivity index (χ0) is 62.7. The number of rotatable bonds is 14. The molecule has 27 nitrogen and oxygen atoms in total. The van der Waals surface area contributed by atoms with Crippen LogP contribution in [0.15, 0.2) is 11.6 Å². The van der Waals surface area contributed by atoms with Gasteiger partial charge in [0.25, 0.3) is 0 Å². The van der Waals surface area contributed by atoms with Gasteiger partial charge in [0.15, 0.2) is 25.2 Å². The molecular formula is C59H96O27. The van der Waals surface area contributed by atoms with Gasteiger partial charge in [-0.2, -0.15) is 0 Å². The van der Waals surface area contributed by atoms with Crippen LogP contribution in [0.1, 0.15) is 113 Å². The highest BCUT2D eigenvalue weighted by atomic mass is 16.8. The Morgan fingerprint density at radius 1 is 0.558 bits per heavy atom. The van der Waals surface area contributed by atoms with Crippen molar-refractivity contribution in [2.45, 2.75) is 266 Å². The van der Waals surface area contributed by atoms with Gasteiger partial charge in [-0.1, -0.05) is 53.2 Å². The van der Waals surface area contributed by atoms with Crippen molar-refractivity contribution >= 4 is 5.97 Å². The highest BCUT2D eigenvalue weighted by molar-refractivity contribution is 5.79. The second kappa shape index (κ2) is 24.9. The normalized spacial score (nSPS) is 54.8. The summed E-state index contributed by atoms with van der Waals surface area (Å²) < 4.78 is 59.5. The van der Waals surface area contributed by atoms with Crippen molar-refractivity contribution in [3.8, 4) is 0 Å². The molecule has 0 radical (unpaired) electrons. The summed E-state index contributed by atoms with van der Waals surface area (Å²) in [5.41, 5.74) is -2.07. The predicted molar refractivity (Wildman–Crippen MR) is 289 cm³/mol. The molecule has 86 heavy (non-hydrogen) atoms. The molecule has 33 atom stereocenters. The Bertz CT molecular complexity index is 2380. The standard InChI is InChI=1S/C59H96O27/c1-24-34(64)46(84-49-43(73)40(70)37(67)29(20-61)81-49)45(75)51(79-24)85-47-35(65)27(63)21-77-52(47)83-33-11-12-55(4)31(56(33,5)23-62)10-13-58(7)32(55)9-8-25-26-18-54(2,3)14-16-59(26,17-15-57(25,58)6)53(76)86-50-44(74)41(71)38(68)30(82-50)22-78-48-42(72)39(69)36(66)28(19-60)80-48/h8,24,26-52,60-75H,9-23H2,1-7H3/t24-,26-,27-,28+,29+,30+,31+,32+,33-,34-,35-,36+,37+,38+,39-,40-,41-,42+,43+,44+,45+,46+,47+,48+,49-,50-,51-,52-,55-,56-,57+,58+,59-/m0/s1. The summed E-state index contributed by atoms with van der Waals surface area (Å²) in [6.07, 6.45) is -31.4. The Morgan fingerprint density at radius 3 is 1.77 bits per heavy atom. The smallest absolute Gasteiger partial charge is 0.315 e. The molecule has 5 aliphatic carbocycles. The number of carbonyl (C=O) groups excluding carboxylic acids is 1. The lowest BCUT2D eigenvalue weighted by molar-refractivity contribution is -0.383. The molecule has 10 rings (SSSR count). The van der Waals surface area contributed by atoms with E-state index >= 15 is 4.79 Å². The van der Waals surface area contributed by atoms with Crippen LogP contribution in [0.4, 0.5) is 0 Å². The fraction of sp³-hybridized carbons (Fsp3) is 0.949. The van der Waals surface area contributed by atoms with Crippen molar-refractivity contribution < 1.29 is 134 Å². The Hall–Kier alpha value is -1.79. The number of allylic oxidation sites excluding steroid dienone is 2. The van der Waals surface area contributed by atoms with Gasteiger partial charge in [-0.3, -0.25) is 4.79 Å². The second-order valence-electron chi connectivity index (χ2n) is 28.5. The molecule has 0 aromatic heterocycles. The number of ether oxygens (including phenoxy) is 10. The molecule has 0 amide bonds. The van der Waals surface area contributed by atoms with E-state index in [-0.39, 0.29) is 47.2 Å². The van der Waals surface area contributed by atoms with Crippen molar-refractivity contribution in [2.75, 3.05) is 33.0 Å². The minimum absolute atomic E-state index is 0.0885. The molecule has 10 aliphatic rings. The molecular weight excluding hydrogens is 1140 g/mol. The molecule has 0 aromatic carbocycles. The van der Waals surface area contributed by atoms with Gasteiger partial charge < -0.3 is 129 Å². The maximum absolute atomic E-state index is 15.1. The van der Waals surface area contributed by atoms with E-state index in [1.54, 1.807) is 0 Å². The monoisotopic (exact) mass is 1240 g/mol. The molecule has 5 aliphatic heterocycles. The fourth-order valence-corrected chi connectivity index (χ4v) is 17.6. The van der Waals surface area contributed by atoms with Gasteiger partial charge in [-0.05, 0) is 111 Å². The van der Waals surface area contributed by atoms with Crippen LogP contribution in [0.2, 0.25) is 0 Å². The minimum Gasteiger partial charge on any atom is -0.432 e. The maximum atomic E-state index is 15.1. The Morgan fingerprint density at radius 2 is 1.13 bits per heavy atom. The first kappa shape index (κ1) is 67.1. The highest BCUT2D eigenvalue weighted by Gasteiger charge is 2.71. The average Bonchev–Trinajstić information content (AvgIpc) is 0.689. The van der Waals surface area contributed by atoms with Crippen LogP contribution >= 0.6 is 0 Å². The van der Waals surface area contributed by atoms with Gasteiger partial charge in [-0.25, -0.2) is 0 Å². The number of esters is 1. The van der Waals surface area contributed by atoms with Crippen molar-refractivity contribution in [1.82, 2.24) is 0 Å². The van der Waals surface area contributed by atoms with E-state index in [2.05, 4.69) is 40.7 Å². The van der Waals surface area contributed by atoms with Crippen molar-refractivity contribution in [3.05, 3.63) is 11.6 Å². The van der Waals surface area contributed by atoms with E-state index in [0.29, 0.717) is 57.8 Å². The van der Waals surface area contributed by atoms with Gasteiger partial charge in [0.05, 0.1) is 50.7 Å². The third-order valence-corrected chi connectivity index (χ3v) is 23.2. The molecule has 0 aromatic rings. The van der Waals surface area contributed by atoms with Gasteiger partial charge in [0.1, 0.15) is 110 Å². The number of fused-ring (bicyclic) bond motifs is 7. The van der Waals surface area contributed by atoms with Gasteiger partial charge >= 0.3 is 5.97 Å². The van der Waals surface area contributed by atoms with Crippen LogP contribution in [-0.2, 0) is 52.2 Å². The summed E-state index contributed by atoms with van der Waals surface area (Å²) in [5, 5.41) is 172. The van der Waals surface area contributed by atoms with Crippen LogP contribution < -0.4 is 0 Å². The predicted octanol–water partition coefficient (Wildman–Crippen LogP) is -3.57. The summed E-state index contributed by atoms with van der Waals surface area (Å²) in [6.45, 7) is 12.1. The topological polar surface area (TPSA) is 433 Å². The second-order valence-corrected chi connectivity index (χ2v) is 28.5. The first-order valence-electron chi connectivity index (χ1n) is 30.8. The molecule has 16 N–H and O–H groups in total. The van der Waals surface area contributed by atoms with Crippen LogP contribution in [-0.4, -0.2) is 274 Å². The molecule has 5 heterocycles. The maximum Gasteiger partial charge on any atom is 0.315 e. The quantitative estimate of drug-likeness (QED) is 0.0454. The minimum atomic E-state index is -1.87. The number of carbonyl (C=O) groups is 1. The van der Waals surface area contributed by atoms with E-state index in [1.807, 2.05) is 6.92 Å². The molecule has 4 saturated carbocycles. The molecule has 0 spiro atoms. The zero-order valence-electron chi connectivity index (χ0n) is 50.0. The van der Waals surface area contributed by atoms with E-state index in [9.17, 15) is 81.7 Å². The molecule has 0 bridgehead atoms. The van der Waals surface area contributed by atoms with E-state index < -0.39 is 196 Å². The van der Waals surface area contributed by atoms with Crippen LogP contribution in [0.5, 0.6) is 0 Å². The zero-order valence-corrected chi connectivity index (χ0v) is 50.0. The molecule has 27 heteroatoms. The SMILES string of the molecule is C[C@@H]1O[C@@H](O[C@H]2[C@H](O[C@H]3CC[C@@]4(C)[C@@H](CC[C@]5(C)[C@@H]4CC=C4[C@@H]6CC(C)(C)CC[C@]6(C(=O)O[C@@H]6O[C@H](CO[C@@H]7O[C@H](CO)[C@@H](O)[C@H](O)[C@H]7O)[C@@H](O)[C@H](O)[C@H]6O)CC[C@]45C)[C@]3(C)CO)OC[C@H](O)[C@@H]2O)[C@H](O)[C@H](O[C@@H]2O[C@H](CO)[C@@H](O)[C@H](O)[C@H]2O)[C@H]1O. The van der Waals surface area contributed by atoms with Gasteiger partial charge in [0.2, 0.25) is 6.29 Å². The number of hydrogen-bond donors (Lipinski definition) is 16. The summed E-state index contributed by atoms with van der Waals surface area (Å²) in [7, 11) is 0. The molecule has 494 valence electrons. The lowest BCUT2D eigenvalue weighted by Crippen LogP contribution is -2.67.